The predicted octanol–water partition coefficient (Wildman–Crippen LogP) is 4.16. The van der Waals surface area contributed by atoms with Crippen molar-refractivity contribution in [2.24, 2.45) is 0 Å². The number of methoxy groups -OCH3 is 2. The van der Waals surface area contributed by atoms with E-state index in [1.54, 1.807) is 18.2 Å². The number of halogens is 1. The van der Waals surface area contributed by atoms with Gasteiger partial charge >= 0.3 is 5.97 Å². The predicted molar refractivity (Wildman–Crippen MR) is 116 cm³/mol. The Bertz CT molecular complexity index is 1130. The summed E-state index contributed by atoms with van der Waals surface area (Å²) >= 11 is 0. The zero-order valence-electron chi connectivity index (χ0n) is 17.9. The molecule has 1 heterocycles. The number of nitrogens with one attached hydrogen (secondary N) is 1. The molecule has 0 fully saturated rings. The van der Waals surface area contributed by atoms with Crippen molar-refractivity contribution in [1.82, 2.24) is 10.3 Å². The second-order valence-corrected chi connectivity index (χ2v) is 7.13. The van der Waals surface area contributed by atoms with Crippen LogP contribution in [0.4, 0.5) is 4.39 Å². The molecular formula is C24H23FN2O5. The van der Waals surface area contributed by atoms with Gasteiger partial charge in [0.15, 0.2) is 0 Å². The van der Waals surface area contributed by atoms with Crippen LogP contribution in [-0.4, -0.2) is 36.2 Å². The Morgan fingerprint density at radius 2 is 1.69 bits per heavy atom. The molecule has 32 heavy (non-hydrogen) atoms. The molecule has 0 aliphatic heterocycles. The lowest BCUT2D eigenvalue weighted by atomic mass is 10.0. The third-order valence-corrected chi connectivity index (χ3v) is 4.89. The van der Waals surface area contributed by atoms with Crippen LogP contribution in [0.25, 0.3) is 11.3 Å². The molecule has 2 N–H and O–H groups in total. The summed E-state index contributed by atoms with van der Waals surface area (Å²) in [6.45, 7) is 1.91. The van der Waals surface area contributed by atoms with Crippen LogP contribution in [0.1, 0.15) is 34.1 Å². The number of aromatic nitrogens is 1. The molecule has 0 radical (unpaired) electrons. The zero-order valence-corrected chi connectivity index (χ0v) is 17.9. The van der Waals surface area contributed by atoms with E-state index in [4.69, 9.17) is 9.47 Å². The molecule has 0 bridgehead atoms. The lowest BCUT2D eigenvalue weighted by Gasteiger charge is -2.18. The van der Waals surface area contributed by atoms with Gasteiger partial charge in [0.25, 0.3) is 5.91 Å². The molecule has 0 aliphatic rings. The highest BCUT2D eigenvalue weighted by Crippen LogP contribution is 2.35. The van der Waals surface area contributed by atoms with E-state index < -0.39 is 23.7 Å². The quantitative estimate of drug-likeness (QED) is 0.548. The van der Waals surface area contributed by atoms with Gasteiger partial charge in [-0.25, -0.2) is 9.37 Å². The highest BCUT2D eigenvalue weighted by atomic mass is 19.1. The largest absolute Gasteiger partial charge is 0.496 e. The average molecular weight is 438 g/mol. The van der Waals surface area contributed by atoms with E-state index >= 15 is 0 Å². The number of aliphatic carboxylic acids is 1. The molecule has 1 amide bonds. The molecule has 1 atom stereocenters. The minimum Gasteiger partial charge on any atom is -0.496 e. The standard InChI is InChI=1S/C24H23FN2O5/c1-14-4-6-15(7-5-14)19(13-22(28)29)27-24(30)18-9-11-21(32-3)23(26-18)17-12-16(25)8-10-20(17)31-2/h4-12,19H,13H2,1-3H3,(H,27,30)(H,28,29)/t19-/m0/s1. The molecule has 3 aromatic rings. The molecule has 2 aromatic carbocycles. The second kappa shape index (κ2) is 9.91. The van der Waals surface area contributed by atoms with E-state index in [2.05, 4.69) is 10.3 Å². The lowest BCUT2D eigenvalue weighted by Crippen LogP contribution is -2.31. The number of aryl methyl sites for hydroxylation is 1. The number of hydrogen-bond acceptors (Lipinski definition) is 5. The van der Waals surface area contributed by atoms with Crippen molar-refractivity contribution in [3.63, 3.8) is 0 Å². The number of ether oxygens (including phenoxy) is 2. The third kappa shape index (κ3) is 5.21. The first kappa shape index (κ1) is 22.7. The van der Waals surface area contributed by atoms with Crippen molar-refractivity contribution >= 4 is 11.9 Å². The van der Waals surface area contributed by atoms with Gasteiger partial charge in [-0.3, -0.25) is 9.59 Å². The number of pyridine rings is 1. The number of rotatable bonds is 8. The average Bonchev–Trinajstić information content (AvgIpc) is 2.78. The van der Waals surface area contributed by atoms with E-state index in [-0.39, 0.29) is 17.8 Å². The van der Waals surface area contributed by atoms with E-state index in [9.17, 15) is 19.1 Å². The topological polar surface area (TPSA) is 97.8 Å². The molecular weight excluding hydrogens is 415 g/mol. The molecule has 7 nitrogen and oxygen atoms in total. The van der Waals surface area contributed by atoms with Crippen LogP contribution >= 0.6 is 0 Å². The summed E-state index contributed by atoms with van der Waals surface area (Å²) in [5.41, 5.74) is 2.24. The van der Waals surface area contributed by atoms with Gasteiger partial charge in [-0.15, -0.1) is 0 Å². The van der Waals surface area contributed by atoms with Crippen molar-refractivity contribution in [2.45, 2.75) is 19.4 Å². The van der Waals surface area contributed by atoms with E-state index in [0.717, 1.165) is 5.56 Å². The summed E-state index contributed by atoms with van der Waals surface area (Å²) in [6.07, 6.45) is -0.296. The Kier molecular flexibility index (Phi) is 7.04. The van der Waals surface area contributed by atoms with Crippen LogP contribution in [0.2, 0.25) is 0 Å². The minimum absolute atomic E-state index is 0.0228. The fraction of sp³-hybridized carbons (Fsp3) is 0.208. The van der Waals surface area contributed by atoms with Gasteiger partial charge in [-0.2, -0.15) is 0 Å². The van der Waals surface area contributed by atoms with Crippen LogP contribution in [0.3, 0.4) is 0 Å². The summed E-state index contributed by atoms with van der Waals surface area (Å²) in [5.74, 6) is -1.44. The highest BCUT2D eigenvalue weighted by Gasteiger charge is 2.22. The van der Waals surface area contributed by atoms with Gasteiger partial charge in [0.05, 0.1) is 26.7 Å². The van der Waals surface area contributed by atoms with Gasteiger partial charge in [-0.05, 0) is 42.8 Å². The van der Waals surface area contributed by atoms with Crippen LogP contribution in [0.15, 0.2) is 54.6 Å². The maximum atomic E-state index is 13.9. The van der Waals surface area contributed by atoms with Crippen molar-refractivity contribution < 1.29 is 28.6 Å². The Labute approximate surface area is 184 Å². The van der Waals surface area contributed by atoms with E-state index in [1.807, 2.05) is 19.1 Å². The number of nitrogens with zero attached hydrogens (tertiary/aromatic N) is 1. The van der Waals surface area contributed by atoms with E-state index in [0.29, 0.717) is 22.6 Å². The summed E-state index contributed by atoms with van der Waals surface area (Å²) in [6, 6.07) is 13.4. The van der Waals surface area contributed by atoms with Gasteiger partial charge in [0.1, 0.15) is 28.7 Å². The van der Waals surface area contributed by atoms with Crippen LogP contribution < -0.4 is 14.8 Å². The number of amides is 1. The first-order valence-corrected chi connectivity index (χ1v) is 9.80. The first-order valence-electron chi connectivity index (χ1n) is 9.80. The monoisotopic (exact) mass is 438 g/mol. The van der Waals surface area contributed by atoms with Crippen LogP contribution in [0, 0.1) is 12.7 Å². The number of carboxylic acid groups (broad SMARTS) is 1. The lowest BCUT2D eigenvalue weighted by molar-refractivity contribution is -0.137. The molecule has 1 aromatic heterocycles. The van der Waals surface area contributed by atoms with Crippen LogP contribution in [-0.2, 0) is 4.79 Å². The highest BCUT2D eigenvalue weighted by molar-refractivity contribution is 5.94. The first-order chi connectivity index (χ1) is 15.3. The fourth-order valence-corrected chi connectivity index (χ4v) is 3.25. The Morgan fingerprint density at radius 1 is 1.03 bits per heavy atom. The molecule has 0 spiro atoms. The maximum Gasteiger partial charge on any atom is 0.305 e. The molecule has 0 saturated heterocycles. The number of benzene rings is 2. The smallest absolute Gasteiger partial charge is 0.305 e. The molecule has 0 unspecified atom stereocenters. The summed E-state index contributed by atoms with van der Waals surface area (Å²) in [4.78, 5) is 28.7. The maximum absolute atomic E-state index is 13.9. The van der Waals surface area contributed by atoms with Crippen molar-refractivity contribution in [3.8, 4) is 22.8 Å². The van der Waals surface area contributed by atoms with Crippen LogP contribution in [0.5, 0.6) is 11.5 Å². The third-order valence-electron chi connectivity index (χ3n) is 4.89. The van der Waals surface area contributed by atoms with Gasteiger partial charge < -0.3 is 19.9 Å². The zero-order chi connectivity index (χ0) is 23.3. The van der Waals surface area contributed by atoms with Crippen molar-refractivity contribution in [3.05, 3.63) is 77.2 Å². The fourth-order valence-electron chi connectivity index (χ4n) is 3.25. The number of hydrogen-bond donors (Lipinski definition) is 2. The summed E-state index contributed by atoms with van der Waals surface area (Å²) in [5, 5.41) is 12.0. The minimum atomic E-state index is -1.05. The van der Waals surface area contributed by atoms with Gasteiger partial charge in [-0.1, -0.05) is 29.8 Å². The molecule has 166 valence electrons. The van der Waals surface area contributed by atoms with E-state index in [1.165, 1.54) is 38.5 Å². The number of carbonyl (C=O) groups excluding carboxylic acids is 1. The van der Waals surface area contributed by atoms with Gasteiger partial charge in [0.2, 0.25) is 0 Å². The number of carbonyl (C=O) groups is 2. The summed E-state index contributed by atoms with van der Waals surface area (Å²) in [7, 11) is 2.88. The summed E-state index contributed by atoms with van der Waals surface area (Å²) < 4.78 is 24.6. The SMILES string of the molecule is COc1ccc(F)cc1-c1nc(C(=O)N[C@@H](CC(=O)O)c2ccc(C)cc2)ccc1OC. The Balaban J connectivity index is 1.97. The Hall–Kier alpha value is -3.94. The number of carboxylic acids is 1. The molecule has 0 saturated carbocycles. The molecule has 3 rings (SSSR count). The molecule has 0 aliphatic carbocycles. The Morgan fingerprint density at radius 3 is 2.31 bits per heavy atom. The van der Waals surface area contributed by atoms with Crippen molar-refractivity contribution in [1.29, 1.82) is 0 Å². The normalized spacial score (nSPS) is 11.5. The molecule has 8 heteroatoms. The van der Waals surface area contributed by atoms with Crippen molar-refractivity contribution in [2.75, 3.05) is 14.2 Å². The van der Waals surface area contributed by atoms with Gasteiger partial charge in [0, 0.05) is 5.56 Å². The second-order valence-electron chi connectivity index (χ2n) is 7.13.